The first-order valence-electron chi connectivity index (χ1n) is 6.00. The molecular weight excluding hydrogens is 264 g/mol. The number of thiocarbonyl (C=S) groups is 1. The van der Waals surface area contributed by atoms with Crippen molar-refractivity contribution in [2.75, 3.05) is 25.1 Å². The molecule has 1 aromatic carbocycles. The predicted molar refractivity (Wildman–Crippen MR) is 78.5 cm³/mol. The van der Waals surface area contributed by atoms with Crippen molar-refractivity contribution in [3.8, 4) is 5.75 Å². The quantitative estimate of drug-likeness (QED) is 0.561. The monoisotopic (exact) mass is 282 g/mol. The Morgan fingerprint density at radius 1 is 1.42 bits per heavy atom. The Morgan fingerprint density at radius 3 is 2.89 bits per heavy atom. The lowest BCUT2D eigenvalue weighted by Crippen LogP contribution is -2.19. The van der Waals surface area contributed by atoms with E-state index in [1.807, 2.05) is 6.92 Å². The summed E-state index contributed by atoms with van der Waals surface area (Å²) in [5, 5.41) is 2.72. The maximum absolute atomic E-state index is 11.5. The average Bonchev–Trinajstić information content (AvgIpc) is 2.37. The van der Waals surface area contributed by atoms with Gasteiger partial charge in [-0.25, -0.2) is 0 Å². The van der Waals surface area contributed by atoms with Gasteiger partial charge in [-0.05, 0) is 18.6 Å². The third-order valence-corrected chi connectivity index (χ3v) is 2.20. The number of nitrogens with one attached hydrogen (secondary N) is 1. The minimum Gasteiger partial charge on any atom is -0.486 e. The first kappa shape index (κ1) is 15.4. The lowest BCUT2D eigenvalue weighted by Gasteiger charge is -2.08. The van der Waals surface area contributed by atoms with Gasteiger partial charge in [-0.3, -0.25) is 4.79 Å². The van der Waals surface area contributed by atoms with E-state index in [4.69, 9.17) is 27.4 Å². The summed E-state index contributed by atoms with van der Waals surface area (Å²) in [6.07, 6.45) is 0.885. The molecule has 0 saturated carbocycles. The van der Waals surface area contributed by atoms with E-state index in [9.17, 15) is 4.79 Å². The number of ether oxygens (including phenoxy) is 2. The highest BCUT2D eigenvalue weighted by Gasteiger charge is 2.03. The molecular formula is C13H18N2O3S. The number of hydrogen-bond donors (Lipinski definition) is 2. The van der Waals surface area contributed by atoms with Crippen molar-refractivity contribution >= 4 is 28.8 Å². The number of hydrogen-bond acceptors (Lipinski definition) is 4. The number of anilines is 1. The number of carbonyl (C=O) groups is 1. The molecule has 0 atom stereocenters. The van der Waals surface area contributed by atoms with Crippen LogP contribution in [0.2, 0.25) is 0 Å². The summed E-state index contributed by atoms with van der Waals surface area (Å²) in [6, 6.07) is 7.01. The van der Waals surface area contributed by atoms with Crippen LogP contribution in [0.1, 0.15) is 13.3 Å². The normalized spacial score (nSPS) is 9.95. The van der Waals surface area contributed by atoms with Crippen LogP contribution >= 0.6 is 12.2 Å². The summed E-state index contributed by atoms with van der Waals surface area (Å²) in [5.41, 5.74) is 5.99. The molecule has 1 aromatic rings. The molecule has 104 valence electrons. The van der Waals surface area contributed by atoms with Crippen molar-refractivity contribution in [3.05, 3.63) is 24.3 Å². The molecule has 0 radical (unpaired) electrons. The van der Waals surface area contributed by atoms with E-state index in [-0.39, 0.29) is 24.1 Å². The van der Waals surface area contributed by atoms with Gasteiger partial charge in [-0.2, -0.15) is 0 Å². The van der Waals surface area contributed by atoms with Crippen molar-refractivity contribution < 1.29 is 14.3 Å². The minimum atomic E-state index is -0.194. The molecule has 0 aliphatic carbocycles. The summed E-state index contributed by atoms with van der Waals surface area (Å²) in [4.78, 5) is 11.8. The fraction of sp³-hybridized carbons (Fsp3) is 0.385. The highest BCUT2D eigenvalue weighted by molar-refractivity contribution is 7.80. The third-order valence-electron chi connectivity index (χ3n) is 2.08. The number of amides is 1. The van der Waals surface area contributed by atoms with Gasteiger partial charge in [0.05, 0.1) is 0 Å². The molecule has 0 fully saturated rings. The molecule has 0 spiro atoms. The van der Waals surface area contributed by atoms with E-state index in [0.29, 0.717) is 18.0 Å². The zero-order chi connectivity index (χ0) is 14.1. The van der Waals surface area contributed by atoms with Gasteiger partial charge in [0.15, 0.2) is 0 Å². The second kappa shape index (κ2) is 8.44. The lowest BCUT2D eigenvalue weighted by atomic mass is 10.3. The van der Waals surface area contributed by atoms with E-state index in [1.54, 1.807) is 24.3 Å². The Bertz CT molecular complexity index is 438. The number of benzene rings is 1. The molecule has 6 heteroatoms. The van der Waals surface area contributed by atoms with E-state index in [0.717, 1.165) is 6.42 Å². The first-order valence-corrected chi connectivity index (χ1v) is 6.41. The van der Waals surface area contributed by atoms with Crippen LogP contribution in [-0.2, 0) is 9.53 Å². The highest BCUT2D eigenvalue weighted by atomic mass is 32.1. The number of rotatable bonds is 8. The van der Waals surface area contributed by atoms with Crippen molar-refractivity contribution in [3.63, 3.8) is 0 Å². The first-order chi connectivity index (χ1) is 9.11. The summed E-state index contributed by atoms with van der Waals surface area (Å²) < 4.78 is 10.5. The van der Waals surface area contributed by atoms with Gasteiger partial charge in [0.25, 0.3) is 0 Å². The Hall–Kier alpha value is -1.66. The number of carbonyl (C=O) groups excluding carboxylic acids is 1. The molecule has 1 amide bonds. The van der Waals surface area contributed by atoms with Crippen LogP contribution in [0.5, 0.6) is 5.75 Å². The molecule has 0 aliphatic rings. The smallest absolute Gasteiger partial charge is 0.250 e. The zero-order valence-electron chi connectivity index (χ0n) is 10.8. The second-order valence-corrected chi connectivity index (χ2v) is 4.41. The van der Waals surface area contributed by atoms with E-state index >= 15 is 0 Å². The van der Waals surface area contributed by atoms with Crippen LogP contribution < -0.4 is 15.8 Å². The topological polar surface area (TPSA) is 73.6 Å². The minimum absolute atomic E-state index is 0.0474. The van der Waals surface area contributed by atoms with E-state index in [2.05, 4.69) is 5.32 Å². The van der Waals surface area contributed by atoms with Crippen LogP contribution in [0.25, 0.3) is 0 Å². The Kier molecular flexibility index (Phi) is 6.84. The molecule has 5 nitrogen and oxygen atoms in total. The summed E-state index contributed by atoms with van der Waals surface area (Å²) in [6.45, 7) is 2.78. The Labute approximate surface area is 118 Å². The average molecular weight is 282 g/mol. The van der Waals surface area contributed by atoms with Gasteiger partial charge in [-0.1, -0.05) is 25.2 Å². The Balaban J connectivity index is 2.47. The largest absolute Gasteiger partial charge is 0.486 e. The van der Waals surface area contributed by atoms with Gasteiger partial charge in [0.1, 0.15) is 24.0 Å². The molecule has 0 saturated heterocycles. The van der Waals surface area contributed by atoms with Gasteiger partial charge in [-0.15, -0.1) is 0 Å². The number of nitrogens with two attached hydrogens (primary N) is 1. The SMILES string of the molecule is CCCOCC(=O)Nc1cccc(OCC(N)=S)c1. The Morgan fingerprint density at radius 2 is 2.21 bits per heavy atom. The molecule has 0 bridgehead atoms. The van der Waals surface area contributed by atoms with Gasteiger partial charge in [0, 0.05) is 18.4 Å². The highest BCUT2D eigenvalue weighted by Crippen LogP contribution is 2.17. The van der Waals surface area contributed by atoms with Crippen LogP contribution in [0.15, 0.2) is 24.3 Å². The second-order valence-electron chi connectivity index (χ2n) is 3.88. The van der Waals surface area contributed by atoms with Crippen LogP contribution in [0.3, 0.4) is 0 Å². The van der Waals surface area contributed by atoms with Crippen molar-refractivity contribution in [1.82, 2.24) is 0 Å². The van der Waals surface area contributed by atoms with Crippen LogP contribution in [0, 0.1) is 0 Å². The zero-order valence-corrected chi connectivity index (χ0v) is 11.7. The third kappa shape index (κ3) is 6.73. The fourth-order valence-electron chi connectivity index (χ4n) is 1.32. The van der Waals surface area contributed by atoms with Crippen molar-refractivity contribution in [2.45, 2.75) is 13.3 Å². The maximum Gasteiger partial charge on any atom is 0.250 e. The summed E-state index contributed by atoms with van der Waals surface area (Å²) in [7, 11) is 0. The van der Waals surface area contributed by atoms with Crippen LogP contribution in [0.4, 0.5) is 5.69 Å². The molecule has 19 heavy (non-hydrogen) atoms. The maximum atomic E-state index is 11.5. The predicted octanol–water partition coefficient (Wildman–Crippen LogP) is 1.72. The standard InChI is InChI=1S/C13H18N2O3S/c1-2-6-17-9-13(16)15-10-4-3-5-11(7-10)18-8-12(14)19/h3-5,7H,2,6,8-9H2,1H3,(H2,14,19)(H,15,16). The fourth-order valence-corrected chi connectivity index (χ4v) is 1.38. The molecule has 0 unspecified atom stereocenters. The molecule has 3 N–H and O–H groups in total. The molecule has 0 heterocycles. The van der Waals surface area contributed by atoms with Gasteiger partial charge < -0.3 is 20.5 Å². The van der Waals surface area contributed by atoms with E-state index < -0.39 is 0 Å². The molecule has 0 aromatic heterocycles. The summed E-state index contributed by atoms with van der Waals surface area (Å²) >= 11 is 4.72. The lowest BCUT2D eigenvalue weighted by molar-refractivity contribution is -0.120. The van der Waals surface area contributed by atoms with Gasteiger partial charge in [0.2, 0.25) is 5.91 Å². The van der Waals surface area contributed by atoms with Crippen LogP contribution in [-0.4, -0.2) is 30.7 Å². The molecule has 0 aliphatic heterocycles. The van der Waals surface area contributed by atoms with Crippen molar-refractivity contribution in [1.29, 1.82) is 0 Å². The van der Waals surface area contributed by atoms with Crippen molar-refractivity contribution in [2.24, 2.45) is 5.73 Å². The summed E-state index contributed by atoms with van der Waals surface area (Å²) in [5.74, 6) is 0.403. The van der Waals surface area contributed by atoms with E-state index in [1.165, 1.54) is 0 Å². The molecule has 1 rings (SSSR count). The van der Waals surface area contributed by atoms with Gasteiger partial charge >= 0.3 is 0 Å².